The number of hydrogen-bond acceptors (Lipinski definition) is 2. The Morgan fingerprint density at radius 3 is 2.00 bits per heavy atom. The first-order valence-corrected chi connectivity index (χ1v) is 8.72. The fourth-order valence-electron chi connectivity index (χ4n) is 2.96. The Kier molecular flexibility index (Phi) is 5.44. The van der Waals surface area contributed by atoms with Crippen molar-refractivity contribution in [3.8, 4) is 22.4 Å². The predicted molar refractivity (Wildman–Crippen MR) is 101 cm³/mol. The van der Waals surface area contributed by atoms with Crippen LogP contribution in [-0.2, 0) is 6.54 Å². The Labute approximate surface area is 144 Å². The van der Waals surface area contributed by atoms with Crippen molar-refractivity contribution in [3.63, 3.8) is 0 Å². The van der Waals surface area contributed by atoms with Crippen molar-refractivity contribution in [2.24, 2.45) is 0 Å². The molecule has 3 rings (SSSR count). The zero-order valence-corrected chi connectivity index (χ0v) is 14.5. The maximum atomic E-state index is 4.89. The molecular formula is C21H25N3. The number of hydrogen-bond donors (Lipinski definition) is 0. The van der Waals surface area contributed by atoms with Crippen LogP contribution in [0.1, 0.15) is 13.8 Å². The molecule has 0 aliphatic carbocycles. The van der Waals surface area contributed by atoms with Crippen LogP contribution >= 0.6 is 0 Å². The molecule has 0 unspecified atom stereocenters. The minimum Gasteiger partial charge on any atom is -0.302 e. The number of likely N-dealkylation sites (N-methyl/N-ethyl adjacent to an activating group) is 1. The van der Waals surface area contributed by atoms with Gasteiger partial charge in [0.25, 0.3) is 0 Å². The summed E-state index contributed by atoms with van der Waals surface area (Å²) < 4.78 is 2.09. The molecule has 0 aliphatic rings. The van der Waals surface area contributed by atoms with Crippen LogP contribution in [0.25, 0.3) is 22.4 Å². The highest BCUT2D eigenvalue weighted by Crippen LogP contribution is 2.30. The van der Waals surface area contributed by atoms with Gasteiger partial charge in [-0.2, -0.15) is 5.10 Å². The summed E-state index contributed by atoms with van der Waals surface area (Å²) in [6, 6.07) is 21.0. The Balaban J connectivity index is 1.94. The highest BCUT2D eigenvalue weighted by molar-refractivity contribution is 5.80. The lowest BCUT2D eigenvalue weighted by Gasteiger charge is -2.17. The van der Waals surface area contributed by atoms with Crippen LogP contribution in [0.2, 0.25) is 0 Å². The van der Waals surface area contributed by atoms with Crippen LogP contribution in [-0.4, -0.2) is 34.3 Å². The van der Waals surface area contributed by atoms with Gasteiger partial charge in [-0.3, -0.25) is 4.68 Å². The fourth-order valence-corrected chi connectivity index (χ4v) is 2.96. The summed E-state index contributed by atoms with van der Waals surface area (Å²) in [5, 5.41) is 4.89. The molecule has 124 valence electrons. The fraction of sp³-hybridized carbons (Fsp3) is 0.286. The van der Waals surface area contributed by atoms with Crippen molar-refractivity contribution >= 4 is 0 Å². The molecule has 3 heteroatoms. The zero-order valence-electron chi connectivity index (χ0n) is 14.5. The molecule has 0 atom stereocenters. The van der Waals surface area contributed by atoms with E-state index in [0.29, 0.717) is 0 Å². The average Bonchev–Trinajstić information content (AvgIpc) is 3.08. The third kappa shape index (κ3) is 3.74. The van der Waals surface area contributed by atoms with E-state index in [1.54, 1.807) is 0 Å². The van der Waals surface area contributed by atoms with Crippen molar-refractivity contribution in [1.82, 2.24) is 14.7 Å². The van der Waals surface area contributed by atoms with Crippen molar-refractivity contribution < 1.29 is 0 Å². The van der Waals surface area contributed by atoms with E-state index in [9.17, 15) is 0 Å². The molecule has 0 saturated carbocycles. The van der Waals surface area contributed by atoms with E-state index < -0.39 is 0 Å². The number of aromatic nitrogens is 2. The lowest BCUT2D eigenvalue weighted by Crippen LogP contribution is -2.27. The molecule has 0 spiro atoms. The molecule has 0 saturated heterocycles. The quantitative estimate of drug-likeness (QED) is 0.636. The monoisotopic (exact) mass is 319 g/mol. The van der Waals surface area contributed by atoms with Gasteiger partial charge in [0.1, 0.15) is 5.69 Å². The Morgan fingerprint density at radius 1 is 0.833 bits per heavy atom. The molecule has 2 aromatic carbocycles. The van der Waals surface area contributed by atoms with Crippen molar-refractivity contribution in [3.05, 3.63) is 66.9 Å². The molecule has 3 aromatic rings. The summed E-state index contributed by atoms with van der Waals surface area (Å²) in [4.78, 5) is 2.42. The van der Waals surface area contributed by atoms with E-state index in [1.807, 2.05) is 6.07 Å². The van der Waals surface area contributed by atoms with Crippen molar-refractivity contribution in [2.45, 2.75) is 20.4 Å². The maximum absolute atomic E-state index is 4.89. The molecular weight excluding hydrogens is 294 g/mol. The van der Waals surface area contributed by atoms with Crippen molar-refractivity contribution in [1.29, 1.82) is 0 Å². The number of rotatable bonds is 7. The van der Waals surface area contributed by atoms with Gasteiger partial charge in [-0.05, 0) is 18.7 Å². The molecule has 0 bridgehead atoms. The Hall–Kier alpha value is -2.39. The summed E-state index contributed by atoms with van der Waals surface area (Å²) in [5.74, 6) is 0. The minimum absolute atomic E-state index is 0.911. The van der Waals surface area contributed by atoms with E-state index >= 15 is 0 Å². The van der Waals surface area contributed by atoms with E-state index in [4.69, 9.17) is 5.10 Å². The highest BCUT2D eigenvalue weighted by atomic mass is 15.3. The number of nitrogens with zero attached hydrogens (tertiary/aromatic N) is 3. The van der Waals surface area contributed by atoms with E-state index in [0.717, 1.165) is 37.4 Å². The average molecular weight is 319 g/mol. The maximum Gasteiger partial charge on any atom is 0.100 e. The first-order valence-electron chi connectivity index (χ1n) is 8.72. The molecule has 24 heavy (non-hydrogen) atoms. The summed E-state index contributed by atoms with van der Waals surface area (Å²) in [6.45, 7) is 8.50. The Bertz CT molecular complexity index is 686. The topological polar surface area (TPSA) is 21.1 Å². The lowest BCUT2D eigenvalue weighted by molar-refractivity contribution is 0.285. The summed E-state index contributed by atoms with van der Waals surface area (Å²) in [6.07, 6.45) is 2.18. The van der Waals surface area contributed by atoms with Gasteiger partial charge in [0.15, 0.2) is 0 Å². The first-order chi connectivity index (χ1) is 11.8. The van der Waals surface area contributed by atoms with Gasteiger partial charge in [0.05, 0.1) is 6.54 Å². The van der Waals surface area contributed by atoms with Gasteiger partial charge in [-0.25, -0.2) is 0 Å². The molecule has 0 amide bonds. The van der Waals surface area contributed by atoms with Gasteiger partial charge in [-0.15, -0.1) is 0 Å². The minimum atomic E-state index is 0.911. The van der Waals surface area contributed by atoms with Crippen LogP contribution in [0.15, 0.2) is 66.9 Å². The van der Waals surface area contributed by atoms with Crippen LogP contribution in [0.3, 0.4) is 0 Å². The van der Waals surface area contributed by atoms with Crippen LogP contribution in [0.5, 0.6) is 0 Å². The zero-order chi connectivity index (χ0) is 16.8. The molecule has 3 nitrogen and oxygen atoms in total. The molecule has 1 heterocycles. The van der Waals surface area contributed by atoms with Crippen LogP contribution in [0, 0.1) is 0 Å². The normalized spacial score (nSPS) is 11.1. The second-order valence-corrected chi connectivity index (χ2v) is 5.91. The highest BCUT2D eigenvalue weighted by Gasteiger charge is 2.13. The second kappa shape index (κ2) is 7.93. The smallest absolute Gasteiger partial charge is 0.100 e. The van der Waals surface area contributed by atoms with Gasteiger partial charge in [0.2, 0.25) is 0 Å². The van der Waals surface area contributed by atoms with Crippen molar-refractivity contribution in [2.75, 3.05) is 19.6 Å². The third-order valence-electron chi connectivity index (χ3n) is 4.43. The van der Waals surface area contributed by atoms with Crippen LogP contribution in [0.4, 0.5) is 0 Å². The van der Waals surface area contributed by atoms with Gasteiger partial charge in [0, 0.05) is 23.9 Å². The molecule has 0 radical (unpaired) electrons. The van der Waals surface area contributed by atoms with Gasteiger partial charge < -0.3 is 4.90 Å². The molecule has 0 fully saturated rings. The van der Waals surface area contributed by atoms with Gasteiger partial charge >= 0.3 is 0 Å². The van der Waals surface area contributed by atoms with Gasteiger partial charge in [-0.1, -0.05) is 74.5 Å². The molecule has 1 aromatic heterocycles. The third-order valence-corrected chi connectivity index (χ3v) is 4.43. The summed E-state index contributed by atoms with van der Waals surface area (Å²) in [5.41, 5.74) is 4.63. The largest absolute Gasteiger partial charge is 0.302 e. The summed E-state index contributed by atoms with van der Waals surface area (Å²) >= 11 is 0. The first kappa shape index (κ1) is 16.5. The standard InChI is InChI=1S/C21H25N3/c1-3-23(4-2)15-16-24-17-20(18-11-7-5-8-12-18)21(22-24)19-13-9-6-10-14-19/h5-14,17H,3-4,15-16H2,1-2H3. The SMILES string of the molecule is CCN(CC)CCn1cc(-c2ccccc2)c(-c2ccccc2)n1. The van der Waals surface area contributed by atoms with Crippen LogP contribution < -0.4 is 0 Å². The van der Waals surface area contributed by atoms with E-state index in [2.05, 4.69) is 84.2 Å². The predicted octanol–water partition coefficient (Wildman–Crippen LogP) is 4.56. The number of benzene rings is 2. The van der Waals surface area contributed by atoms with E-state index in [-0.39, 0.29) is 0 Å². The molecule has 0 N–H and O–H groups in total. The Morgan fingerprint density at radius 2 is 1.42 bits per heavy atom. The second-order valence-electron chi connectivity index (χ2n) is 5.91. The summed E-state index contributed by atoms with van der Waals surface area (Å²) in [7, 11) is 0. The van der Waals surface area contributed by atoms with E-state index in [1.165, 1.54) is 11.1 Å². The molecule has 0 aliphatic heterocycles. The lowest BCUT2D eigenvalue weighted by atomic mass is 10.0.